The fourth-order valence-corrected chi connectivity index (χ4v) is 1.60. The highest BCUT2D eigenvalue weighted by molar-refractivity contribution is 6.32. The van der Waals surface area contributed by atoms with Gasteiger partial charge in [-0.3, -0.25) is 15.1 Å². The highest BCUT2D eigenvalue weighted by Gasteiger charge is 2.11. The van der Waals surface area contributed by atoms with E-state index in [1.165, 1.54) is 18.2 Å². The summed E-state index contributed by atoms with van der Waals surface area (Å²) in [5.41, 5.74) is 0.507. The summed E-state index contributed by atoms with van der Waals surface area (Å²) in [7, 11) is 1.74. The van der Waals surface area contributed by atoms with Crippen molar-refractivity contribution in [3.8, 4) is 5.75 Å². The number of non-ortho nitro benzene ring substituents is 1. The molecule has 0 radical (unpaired) electrons. The number of aromatic nitrogens is 2. The fourth-order valence-electron chi connectivity index (χ4n) is 1.43. The van der Waals surface area contributed by atoms with Gasteiger partial charge in [0.15, 0.2) is 0 Å². The van der Waals surface area contributed by atoms with Gasteiger partial charge in [-0.25, -0.2) is 4.98 Å². The van der Waals surface area contributed by atoms with E-state index in [1.807, 2.05) is 0 Å². The second kappa shape index (κ2) is 6.16. The zero-order valence-electron chi connectivity index (χ0n) is 10.5. The minimum atomic E-state index is -0.509. The van der Waals surface area contributed by atoms with E-state index in [0.29, 0.717) is 16.5 Å². The molecule has 8 heteroatoms. The largest absolute Gasteiger partial charge is 0.485 e. The van der Waals surface area contributed by atoms with Gasteiger partial charge < -0.3 is 10.1 Å². The number of anilines is 1. The third-order valence-electron chi connectivity index (χ3n) is 2.46. The average molecular weight is 295 g/mol. The lowest BCUT2D eigenvalue weighted by atomic mass is 10.3. The molecule has 0 atom stereocenters. The van der Waals surface area contributed by atoms with Gasteiger partial charge in [0.1, 0.15) is 18.2 Å². The molecule has 0 unspecified atom stereocenters. The van der Waals surface area contributed by atoms with Crippen molar-refractivity contribution in [3.63, 3.8) is 0 Å². The van der Waals surface area contributed by atoms with E-state index in [9.17, 15) is 10.1 Å². The first-order valence-corrected chi connectivity index (χ1v) is 6.03. The predicted molar refractivity (Wildman–Crippen MR) is 74.0 cm³/mol. The number of hydrogen-bond donors (Lipinski definition) is 1. The zero-order valence-corrected chi connectivity index (χ0v) is 11.3. The molecule has 1 aromatic carbocycles. The SMILES string of the molecule is CNc1cnc(COc2cc([N+](=O)[O-])ccc2Cl)cn1. The number of nitro groups is 1. The Morgan fingerprint density at radius 3 is 2.80 bits per heavy atom. The Hall–Kier alpha value is -2.41. The molecule has 20 heavy (non-hydrogen) atoms. The maximum Gasteiger partial charge on any atom is 0.273 e. The monoisotopic (exact) mass is 294 g/mol. The molecule has 2 aromatic rings. The summed E-state index contributed by atoms with van der Waals surface area (Å²) in [6, 6.07) is 4.01. The van der Waals surface area contributed by atoms with Crippen LogP contribution < -0.4 is 10.1 Å². The van der Waals surface area contributed by atoms with E-state index in [-0.39, 0.29) is 18.0 Å². The molecule has 0 aliphatic heterocycles. The molecular formula is C12H11ClN4O3. The molecule has 0 aliphatic rings. The number of nitro benzene ring substituents is 1. The Morgan fingerprint density at radius 2 is 2.20 bits per heavy atom. The van der Waals surface area contributed by atoms with Crippen molar-refractivity contribution >= 4 is 23.1 Å². The summed E-state index contributed by atoms with van der Waals surface area (Å²) in [5, 5.41) is 13.8. The van der Waals surface area contributed by atoms with Crippen molar-refractivity contribution in [1.29, 1.82) is 0 Å². The van der Waals surface area contributed by atoms with Crippen LogP contribution in [0.25, 0.3) is 0 Å². The summed E-state index contributed by atoms with van der Waals surface area (Å²) in [5.74, 6) is 0.877. The van der Waals surface area contributed by atoms with Crippen molar-refractivity contribution in [2.24, 2.45) is 0 Å². The molecule has 0 saturated heterocycles. The van der Waals surface area contributed by atoms with Gasteiger partial charge >= 0.3 is 0 Å². The number of halogens is 1. The second-order valence-corrected chi connectivity index (χ2v) is 4.21. The zero-order chi connectivity index (χ0) is 14.5. The maximum absolute atomic E-state index is 10.7. The van der Waals surface area contributed by atoms with Crippen LogP contribution in [0.15, 0.2) is 30.6 Å². The summed E-state index contributed by atoms with van der Waals surface area (Å²) in [4.78, 5) is 18.4. The minimum Gasteiger partial charge on any atom is -0.485 e. The number of hydrogen-bond acceptors (Lipinski definition) is 6. The van der Waals surface area contributed by atoms with Gasteiger partial charge in [-0.1, -0.05) is 11.6 Å². The van der Waals surface area contributed by atoms with Crippen LogP contribution in [0.4, 0.5) is 11.5 Å². The third-order valence-corrected chi connectivity index (χ3v) is 2.77. The molecular weight excluding hydrogens is 284 g/mol. The summed E-state index contributed by atoms with van der Waals surface area (Å²) < 4.78 is 5.43. The lowest BCUT2D eigenvalue weighted by molar-refractivity contribution is -0.384. The first-order chi connectivity index (χ1) is 9.60. The molecule has 2 rings (SSSR count). The van der Waals surface area contributed by atoms with Crippen LogP contribution in [0.2, 0.25) is 5.02 Å². The van der Waals surface area contributed by atoms with Crippen LogP contribution in [-0.4, -0.2) is 21.9 Å². The van der Waals surface area contributed by atoms with Crippen molar-refractivity contribution in [3.05, 3.63) is 51.4 Å². The van der Waals surface area contributed by atoms with E-state index in [1.54, 1.807) is 19.4 Å². The van der Waals surface area contributed by atoms with Crippen molar-refractivity contribution < 1.29 is 9.66 Å². The van der Waals surface area contributed by atoms with Crippen LogP contribution in [0.5, 0.6) is 5.75 Å². The van der Waals surface area contributed by atoms with E-state index in [2.05, 4.69) is 15.3 Å². The van der Waals surface area contributed by atoms with Gasteiger partial charge in [0.05, 0.1) is 34.1 Å². The van der Waals surface area contributed by atoms with Crippen LogP contribution >= 0.6 is 11.6 Å². The third kappa shape index (κ3) is 3.33. The van der Waals surface area contributed by atoms with Gasteiger partial charge in [0.25, 0.3) is 5.69 Å². The number of ether oxygens (including phenoxy) is 1. The summed E-state index contributed by atoms with van der Waals surface area (Å²) in [6.07, 6.45) is 3.12. The first kappa shape index (κ1) is 14.0. The van der Waals surface area contributed by atoms with Crippen molar-refractivity contribution in [2.45, 2.75) is 6.61 Å². The highest BCUT2D eigenvalue weighted by Crippen LogP contribution is 2.29. The summed E-state index contributed by atoms with van der Waals surface area (Å²) in [6.45, 7) is 0.123. The van der Waals surface area contributed by atoms with Gasteiger partial charge in [-0.15, -0.1) is 0 Å². The van der Waals surface area contributed by atoms with Crippen molar-refractivity contribution in [2.75, 3.05) is 12.4 Å². The first-order valence-electron chi connectivity index (χ1n) is 5.65. The average Bonchev–Trinajstić information content (AvgIpc) is 2.46. The fraction of sp³-hybridized carbons (Fsp3) is 0.167. The predicted octanol–water partition coefficient (Wildman–Crippen LogP) is 2.66. The maximum atomic E-state index is 10.7. The number of rotatable bonds is 5. The molecule has 0 amide bonds. The summed E-state index contributed by atoms with van der Waals surface area (Å²) >= 11 is 5.92. The Bertz CT molecular complexity index is 619. The second-order valence-electron chi connectivity index (χ2n) is 3.80. The van der Waals surface area contributed by atoms with Crippen molar-refractivity contribution in [1.82, 2.24) is 9.97 Å². The molecule has 7 nitrogen and oxygen atoms in total. The van der Waals surface area contributed by atoms with Gasteiger partial charge in [0.2, 0.25) is 0 Å². The van der Waals surface area contributed by atoms with Gasteiger partial charge in [0, 0.05) is 13.1 Å². The molecule has 104 valence electrons. The molecule has 1 N–H and O–H groups in total. The molecule has 0 spiro atoms. The smallest absolute Gasteiger partial charge is 0.273 e. The van der Waals surface area contributed by atoms with Crippen LogP contribution in [0.1, 0.15) is 5.69 Å². The van der Waals surface area contributed by atoms with E-state index in [4.69, 9.17) is 16.3 Å². The Kier molecular flexibility index (Phi) is 4.31. The molecule has 0 aliphatic carbocycles. The Balaban J connectivity index is 2.09. The lowest BCUT2D eigenvalue weighted by Crippen LogP contribution is -2.01. The minimum absolute atomic E-state index is 0.0824. The normalized spacial score (nSPS) is 10.1. The number of benzene rings is 1. The molecule has 0 saturated carbocycles. The molecule has 0 fully saturated rings. The molecule has 0 bridgehead atoms. The Labute approximate surface area is 119 Å². The van der Waals surface area contributed by atoms with Gasteiger partial charge in [-0.05, 0) is 6.07 Å². The topological polar surface area (TPSA) is 90.2 Å². The number of nitrogens with zero attached hydrogens (tertiary/aromatic N) is 3. The standard InChI is InChI=1S/C12H11ClN4O3/c1-14-12-6-15-8(5-16-12)7-20-11-4-9(17(18)19)2-3-10(11)13/h2-6H,7H2,1H3,(H,14,16). The van der Waals surface area contributed by atoms with Gasteiger partial charge in [-0.2, -0.15) is 0 Å². The quantitative estimate of drug-likeness (QED) is 0.673. The van der Waals surface area contributed by atoms with E-state index in [0.717, 1.165) is 0 Å². The van der Waals surface area contributed by atoms with Crippen LogP contribution in [0, 0.1) is 10.1 Å². The number of nitrogens with one attached hydrogen (secondary N) is 1. The van der Waals surface area contributed by atoms with E-state index >= 15 is 0 Å². The highest BCUT2D eigenvalue weighted by atomic mass is 35.5. The Morgan fingerprint density at radius 1 is 1.40 bits per heavy atom. The molecule has 1 aromatic heterocycles. The van der Waals surface area contributed by atoms with Crippen LogP contribution in [0.3, 0.4) is 0 Å². The lowest BCUT2D eigenvalue weighted by Gasteiger charge is -2.07. The van der Waals surface area contributed by atoms with Crippen LogP contribution in [-0.2, 0) is 6.61 Å². The molecule has 1 heterocycles. The van der Waals surface area contributed by atoms with E-state index < -0.39 is 4.92 Å².